The molecule has 3 nitrogen and oxygen atoms in total. The summed E-state index contributed by atoms with van der Waals surface area (Å²) in [6.07, 6.45) is 3.87. The Balaban J connectivity index is 0.000000791. The molecule has 14 heavy (non-hydrogen) atoms. The summed E-state index contributed by atoms with van der Waals surface area (Å²) in [6, 6.07) is 0.673. The fraction of sp³-hybridized carbons (Fsp3) is 0.909. The van der Waals surface area contributed by atoms with Crippen LogP contribution in [-0.4, -0.2) is 37.0 Å². The second-order valence-electron chi connectivity index (χ2n) is 3.32. The number of hydrogen-bond donors (Lipinski definition) is 1. The zero-order valence-electron chi connectivity index (χ0n) is 9.97. The van der Waals surface area contributed by atoms with Gasteiger partial charge in [-0.05, 0) is 19.4 Å². The molecule has 0 heterocycles. The van der Waals surface area contributed by atoms with E-state index in [4.69, 9.17) is 0 Å². The van der Waals surface area contributed by atoms with Gasteiger partial charge in [-0.3, -0.25) is 9.69 Å². The quantitative estimate of drug-likeness (QED) is 0.748. The number of carbonyl (C=O) groups excluding carboxylic acids is 1. The first-order chi connectivity index (χ1) is 6.77. The molecule has 0 aromatic rings. The van der Waals surface area contributed by atoms with Crippen molar-refractivity contribution in [2.45, 2.75) is 46.1 Å². The highest BCUT2D eigenvalue weighted by atomic mass is 16.1. The van der Waals surface area contributed by atoms with E-state index in [0.29, 0.717) is 12.6 Å². The SMILES string of the molecule is CC.CCN(CC(=O)NC)C1CCC1. The van der Waals surface area contributed by atoms with Gasteiger partial charge < -0.3 is 5.32 Å². The highest BCUT2D eigenvalue weighted by Crippen LogP contribution is 2.23. The van der Waals surface area contributed by atoms with E-state index in [1.54, 1.807) is 7.05 Å². The molecule has 0 radical (unpaired) electrons. The second-order valence-corrected chi connectivity index (χ2v) is 3.32. The molecule has 1 fully saturated rings. The zero-order valence-corrected chi connectivity index (χ0v) is 9.97. The van der Waals surface area contributed by atoms with Crippen LogP contribution < -0.4 is 5.32 Å². The van der Waals surface area contributed by atoms with Crippen molar-refractivity contribution in [1.82, 2.24) is 10.2 Å². The molecule has 0 saturated heterocycles. The normalized spacial score (nSPS) is 15.5. The Morgan fingerprint density at radius 2 is 2.00 bits per heavy atom. The van der Waals surface area contributed by atoms with Crippen molar-refractivity contribution in [3.63, 3.8) is 0 Å². The number of carbonyl (C=O) groups is 1. The lowest BCUT2D eigenvalue weighted by Gasteiger charge is -2.36. The summed E-state index contributed by atoms with van der Waals surface area (Å²) in [6.45, 7) is 7.66. The van der Waals surface area contributed by atoms with Crippen LogP contribution in [-0.2, 0) is 4.79 Å². The van der Waals surface area contributed by atoms with Crippen LogP contribution in [0.25, 0.3) is 0 Å². The molecule has 0 aliphatic heterocycles. The van der Waals surface area contributed by atoms with Crippen molar-refractivity contribution in [2.75, 3.05) is 20.1 Å². The second kappa shape index (κ2) is 7.80. The van der Waals surface area contributed by atoms with Crippen molar-refractivity contribution in [3.8, 4) is 0 Å². The molecule has 1 aliphatic carbocycles. The van der Waals surface area contributed by atoms with Gasteiger partial charge in [0.1, 0.15) is 0 Å². The summed E-state index contributed by atoms with van der Waals surface area (Å²) in [4.78, 5) is 13.3. The highest BCUT2D eigenvalue weighted by molar-refractivity contribution is 5.77. The Morgan fingerprint density at radius 3 is 2.29 bits per heavy atom. The summed E-state index contributed by atoms with van der Waals surface area (Å²) < 4.78 is 0. The fourth-order valence-corrected chi connectivity index (χ4v) is 1.51. The predicted octanol–water partition coefficient (Wildman–Crippen LogP) is 1.63. The lowest BCUT2D eigenvalue weighted by atomic mass is 9.91. The molecule has 1 saturated carbocycles. The summed E-state index contributed by atoms with van der Waals surface area (Å²) in [5.41, 5.74) is 0. The molecule has 84 valence electrons. The van der Waals surface area contributed by atoms with Crippen LogP contribution in [0.5, 0.6) is 0 Å². The van der Waals surface area contributed by atoms with Crippen LogP contribution in [0.1, 0.15) is 40.0 Å². The minimum atomic E-state index is 0.128. The maximum atomic E-state index is 11.1. The minimum Gasteiger partial charge on any atom is -0.358 e. The van der Waals surface area contributed by atoms with Crippen molar-refractivity contribution in [3.05, 3.63) is 0 Å². The molecule has 0 aromatic carbocycles. The van der Waals surface area contributed by atoms with Gasteiger partial charge in [0.15, 0.2) is 0 Å². The number of nitrogens with one attached hydrogen (secondary N) is 1. The average Bonchev–Trinajstić information content (AvgIpc) is 2.17. The van der Waals surface area contributed by atoms with E-state index in [1.807, 2.05) is 13.8 Å². The van der Waals surface area contributed by atoms with E-state index in [1.165, 1.54) is 19.3 Å². The van der Waals surface area contributed by atoms with Gasteiger partial charge in [-0.2, -0.15) is 0 Å². The molecule has 0 aromatic heterocycles. The smallest absolute Gasteiger partial charge is 0.233 e. The maximum Gasteiger partial charge on any atom is 0.233 e. The molecule has 1 rings (SSSR count). The highest BCUT2D eigenvalue weighted by Gasteiger charge is 2.24. The van der Waals surface area contributed by atoms with E-state index in [0.717, 1.165) is 6.54 Å². The molecule has 0 bridgehead atoms. The maximum absolute atomic E-state index is 11.1. The minimum absolute atomic E-state index is 0.128. The largest absolute Gasteiger partial charge is 0.358 e. The Bertz CT molecular complexity index is 155. The summed E-state index contributed by atoms with van der Waals surface area (Å²) >= 11 is 0. The monoisotopic (exact) mass is 200 g/mol. The van der Waals surface area contributed by atoms with E-state index >= 15 is 0 Å². The van der Waals surface area contributed by atoms with Gasteiger partial charge in [0, 0.05) is 13.1 Å². The van der Waals surface area contributed by atoms with Gasteiger partial charge in [-0.1, -0.05) is 27.2 Å². The summed E-state index contributed by atoms with van der Waals surface area (Å²) in [7, 11) is 1.69. The van der Waals surface area contributed by atoms with Gasteiger partial charge in [-0.25, -0.2) is 0 Å². The molecular weight excluding hydrogens is 176 g/mol. The van der Waals surface area contributed by atoms with E-state index in [9.17, 15) is 4.79 Å². The Morgan fingerprint density at radius 1 is 1.43 bits per heavy atom. The molecule has 1 aliphatic rings. The number of likely N-dealkylation sites (N-methyl/N-ethyl adjacent to an activating group) is 2. The summed E-state index contributed by atoms with van der Waals surface area (Å²) in [5, 5.41) is 2.65. The fourth-order valence-electron chi connectivity index (χ4n) is 1.51. The van der Waals surface area contributed by atoms with Crippen LogP contribution in [0.3, 0.4) is 0 Å². The van der Waals surface area contributed by atoms with Crippen LogP contribution in [0.2, 0.25) is 0 Å². The van der Waals surface area contributed by atoms with E-state index in [-0.39, 0.29) is 5.91 Å². The average molecular weight is 200 g/mol. The number of amides is 1. The molecule has 0 unspecified atom stereocenters. The Kier molecular flexibility index (Phi) is 7.48. The lowest BCUT2D eigenvalue weighted by Crippen LogP contribution is -2.45. The molecule has 3 heteroatoms. The van der Waals surface area contributed by atoms with Crippen LogP contribution in [0.15, 0.2) is 0 Å². The molecule has 0 atom stereocenters. The third kappa shape index (κ3) is 4.09. The van der Waals surface area contributed by atoms with Crippen LogP contribution in [0, 0.1) is 0 Å². The standard InChI is InChI=1S/C9H18N2O.C2H6/c1-3-11(7-9(12)10-2)8-5-4-6-8;1-2/h8H,3-7H2,1-2H3,(H,10,12);1-2H3. The van der Waals surface area contributed by atoms with Gasteiger partial charge in [0.05, 0.1) is 6.54 Å². The van der Waals surface area contributed by atoms with Crippen LogP contribution in [0.4, 0.5) is 0 Å². The zero-order chi connectivity index (χ0) is 11.0. The predicted molar refractivity (Wildman–Crippen MR) is 60.3 cm³/mol. The van der Waals surface area contributed by atoms with Gasteiger partial charge in [0.25, 0.3) is 0 Å². The molecular formula is C11H24N2O. The van der Waals surface area contributed by atoms with Gasteiger partial charge >= 0.3 is 0 Å². The number of hydrogen-bond acceptors (Lipinski definition) is 2. The van der Waals surface area contributed by atoms with Crippen LogP contribution >= 0.6 is 0 Å². The third-order valence-electron chi connectivity index (χ3n) is 2.62. The Hall–Kier alpha value is -0.570. The third-order valence-corrected chi connectivity index (χ3v) is 2.62. The lowest BCUT2D eigenvalue weighted by molar-refractivity contribution is -0.122. The van der Waals surface area contributed by atoms with E-state index < -0.39 is 0 Å². The topological polar surface area (TPSA) is 32.3 Å². The summed E-state index contributed by atoms with van der Waals surface area (Å²) in [5.74, 6) is 0.128. The molecule has 0 spiro atoms. The first-order valence-corrected chi connectivity index (χ1v) is 5.72. The van der Waals surface area contributed by atoms with Crippen molar-refractivity contribution < 1.29 is 4.79 Å². The van der Waals surface area contributed by atoms with Crippen molar-refractivity contribution >= 4 is 5.91 Å². The molecule has 1 amide bonds. The van der Waals surface area contributed by atoms with Gasteiger partial charge in [0.2, 0.25) is 5.91 Å². The van der Waals surface area contributed by atoms with Crippen molar-refractivity contribution in [1.29, 1.82) is 0 Å². The van der Waals surface area contributed by atoms with E-state index in [2.05, 4.69) is 17.1 Å². The first-order valence-electron chi connectivity index (χ1n) is 5.72. The number of nitrogens with zero attached hydrogens (tertiary/aromatic N) is 1. The molecule has 1 N–H and O–H groups in total. The Labute approximate surface area is 87.9 Å². The first kappa shape index (κ1) is 13.4. The van der Waals surface area contributed by atoms with Crippen molar-refractivity contribution in [2.24, 2.45) is 0 Å². The number of rotatable bonds is 4. The van der Waals surface area contributed by atoms with Gasteiger partial charge in [-0.15, -0.1) is 0 Å².